The molecule has 94 valence electrons. The van der Waals surface area contributed by atoms with Crippen LogP contribution in [0.5, 0.6) is 0 Å². The highest BCUT2D eigenvalue weighted by Gasteiger charge is 2.12. The number of halogens is 1. The fourth-order valence-electron chi connectivity index (χ4n) is 1.58. The van der Waals surface area contributed by atoms with Crippen molar-refractivity contribution in [2.75, 3.05) is 5.32 Å². The molecule has 2 aromatic rings. The summed E-state index contributed by atoms with van der Waals surface area (Å²) in [5.41, 5.74) is 1.04. The van der Waals surface area contributed by atoms with E-state index in [0.29, 0.717) is 0 Å². The van der Waals surface area contributed by atoms with Crippen LogP contribution in [-0.4, -0.2) is 4.92 Å². The van der Waals surface area contributed by atoms with E-state index in [2.05, 4.69) is 40.9 Å². The topological polar surface area (TPSA) is 55.2 Å². The Hall–Kier alpha value is -1.15. The number of anilines is 1. The first kappa shape index (κ1) is 13.3. The van der Waals surface area contributed by atoms with Gasteiger partial charge in [0, 0.05) is 26.3 Å². The van der Waals surface area contributed by atoms with Gasteiger partial charge in [0.1, 0.15) is 0 Å². The largest absolute Gasteiger partial charge is 0.377 e. The van der Waals surface area contributed by atoms with Gasteiger partial charge in [0.25, 0.3) is 5.69 Å². The molecular weight excluding hydrogens is 363 g/mol. The summed E-state index contributed by atoms with van der Waals surface area (Å²) in [7, 11) is 0. The third-order valence-electron chi connectivity index (χ3n) is 2.51. The van der Waals surface area contributed by atoms with Gasteiger partial charge in [-0.15, -0.1) is 11.3 Å². The Kier molecular flexibility index (Phi) is 4.18. The summed E-state index contributed by atoms with van der Waals surface area (Å²) in [4.78, 5) is 11.5. The average Bonchev–Trinajstić information content (AvgIpc) is 2.85. The third kappa shape index (κ3) is 2.99. The van der Waals surface area contributed by atoms with Gasteiger partial charge in [-0.3, -0.25) is 10.1 Å². The van der Waals surface area contributed by atoms with Gasteiger partial charge >= 0.3 is 0 Å². The zero-order valence-corrected chi connectivity index (χ0v) is 12.6. The van der Waals surface area contributed by atoms with Crippen LogP contribution in [0.3, 0.4) is 0 Å². The number of nitro groups is 1. The summed E-state index contributed by atoms with van der Waals surface area (Å²) in [6, 6.07) is 9.12. The molecule has 0 aliphatic carbocycles. The first-order valence-corrected chi connectivity index (χ1v) is 7.27. The number of nitro benzene ring substituents is 1. The van der Waals surface area contributed by atoms with Gasteiger partial charge in [-0.25, -0.2) is 0 Å². The van der Waals surface area contributed by atoms with Crippen molar-refractivity contribution in [3.8, 4) is 0 Å². The van der Waals surface area contributed by atoms with E-state index in [0.717, 1.165) is 9.26 Å². The molecule has 1 aromatic carbocycles. The summed E-state index contributed by atoms with van der Waals surface area (Å²) >= 11 is 3.80. The molecule has 0 amide bonds. The van der Waals surface area contributed by atoms with Gasteiger partial charge in [-0.2, -0.15) is 0 Å². The first-order chi connectivity index (χ1) is 8.58. The number of hydrogen-bond donors (Lipinski definition) is 1. The highest BCUT2D eigenvalue weighted by Crippen LogP contribution is 2.28. The summed E-state index contributed by atoms with van der Waals surface area (Å²) in [5, 5.41) is 16.1. The van der Waals surface area contributed by atoms with Crippen molar-refractivity contribution in [3.63, 3.8) is 0 Å². The van der Waals surface area contributed by atoms with E-state index in [-0.39, 0.29) is 16.7 Å². The van der Waals surface area contributed by atoms with Gasteiger partial charge in [-0.05, 0) is 47.0 Å². The standard InChI is InChI=1S/C12H11IN2O2S/c1-8(12-3-2-6-18-12)14-11-5-4-9(15(16)17)7-10(11)13/h2-8,14H,1H3. The number of benzene rings is 1. The molecule has 4 nitrogen and oxygen atoms in total. The van der Waals surface area contributed by atoms with Gasteiger partial charge in [0.15, 0.2) is 0 Å². The summed E-state index contributed by atoms with van der Waals surface area (Å²) in [6.07, 6.45) is 0. The molecule has 0 spiro atoms. The van der Waals surface area contributed by atoms with E-state index in [4.69, 9.17) is 0 Å². The Morgan fingerprint density at radius 2 is 2.22 bits per heavy atom. The molecule has 0 aliphatic heterocycles. The molecule has 0 bridgehead atoms. The zero-order valence-electron chi connectivity index (χ0n) is 9.59. The van der Waals surface area contributed by atoms with Crippen LogP contribution in [0.1, 0.15) is 17.8 Å². The summed E-state index contributed by atoms with van der Waals surface area (Å²) < 4.78 is 0.852. The Morgan fingerprint density at radius 3 is 2.78 bits per heavy atom. The summed E-state index contributed by atoms with van der Waals surface area (Å²) in [5.74, 6) is 0. The lowest BCUT2D eigenvalue weighted by Gasteiger charge is -2.14. The van der Waals surface area contributed by atoms with E-state index >= 15 is 0 Å². The maximum absolute atomic E-state index is 10.7. The zero-order chi connectivity index (χ0) is 13.1. The molecule has 1 N–H and O–H groups in total. The van der Waals surface area contributed by atoms with E-state index in [9.17, 15) is 10.1 Å². The van der Waals surface area contributed by atoms with Crippen LogP contribution in [-0.2, 0) is 0 Å². The van der Waals surface area contributed by atoms with Crippen molar-refractivity contribution in [3.05, 3.63) is 54.3 Å². The average molecular weight is 374 g/mol. The van der Waals surface area contributed by atoms with Gasteiger partial charge in [-0.1, -0.05) is 6.07 Å². The Labute approximate surface area is 122 Å². The molecule has 6 heteroatoms. The van der Waals surface area contributed by atoms with Crippen LogP contribution in [0.15, 0.2) is 35.7 Å². The molecule has 0 saturated carbocycles. The first-order valence-electron chi connectivity index (χ1n) is 5.32. The van der Waals surface area contributed by atoms with E-state index in [1.807, 2.05) is 11.4 Å². The monoisotopic (exact) mass is 374 g/mol. The number of non-ortho nitro benzene ring substituents is 1. The maximum Gasteiger partial charge on any atom is 0.270 e. The molecular formula is C12H11IN2O2S. The minimum Gasteiger partial charge on any atom is -0.377 e. The highest BCUT2D eigenvalue weighted by atomic mass is 127. The Bertz CT molecular complexity index is 557. The third-order valence-corrected chi connectivity index (χ3v) is 4.45. The highest BCUT2D eigenvalue weighted by molar-refractivity contribution is 14.1. The molecule has 0 saturated heterocycles. The van der Waals surface area contributed by atoms with E-state index in [1.54, 1.807) is 23.5 Å². The normalized spacial score (nSPS) is 12.1. The minimum atomic E-state index is -0.380. The quantitative estimate of drug-likeness (QED) is 0.489. The van der Waals surface area contributed by atoms with Crippen LogP contribution in [0, 0.1) is 13.7 Å². The van der Waals surface area contributed by atoms with Gasteiger partial charge < -0.3 is 5.32 Å². The van der Waals surface area contributed by atoms with E-state index < -0.39 is 0 Å². The van der Waals surface area contributed by atoms with Crippen molar-refractivity contribution in [1.82, 2.24) is 0 Å². The lowest BCUT2D eigenvalue weighted by molar-refractivity contribution is -0.384. The number of nitrogens with zero attached hydrogens (tertiary/aromatic N) is 1. The second-order valence-corrected chi connectivity index (χ2v) is 5.94. The van der Waals surface area contributed by atoms with Crippen LogP contribution < -0.4 is 5.32 Å². The Morgan fingerprint density at radius 1 is 1.44 bits per heavy atom. The molecule has 0 radical (unpaired) electrons. The van der Waals surface area contributed by atoms with Crippen molar-refractivity contribution in [2.45, 2.75) is 13.0 Å². The van der Waals surface area contributed by atoms with E-state index in [1.165, 1.54) is 10.9 Å². The molecule has 1 atom stereocenters. The predicted octanol–water partition coefficient (Wildman–Crippen LogP) is 4.43. The number of hydrogen-bond acceptors (Lipinski definition) is 4. The molecule has 1 aromatic heterocycles. The molecule has 1 unspecified atom stereocenters. The maximum atomic E-state index is 10.7. The molecule has 0 aliphatic rings. The van der Waals surface area contributed by atoms with Gasteiger partial charge in [0.2, 0.25) is 0 Å². The smallest absolute Gasteiger partial charge is 0.270 e. The van der Waals surface area contributed by atoms with Gasteiger partial charge in [0.05, 0.1) is 11.0 Å². The molecule has 2 rings (SSSR count). The van der Waals surface area contributed by atoms with Crippen molar-refractivity contribution in [2.24, 2.45) is 0 Å². The molecule has 1 heterocycles. The number of nitrogens with one attached hydrogen (secondary N) is 1. The molecule has 18 heavy (non-hydrogen) atoms. The Balaban J connectivity index is 2.17. The van der Waals surface area contributed by atoms with Crippen molar-refractivity contribution in [1.29, 1.82) is 0 Å². The van der Waals surface area contributed by atoms with Crippen LogP contribution in [0.4, 0.5) is 11.4 Å². The van der Waals surface area contributed by atoms with Crippen LogP contribution >= 0.6 is 33.9 Å². The fraction of sp³-hybridized carbons (Fsp3) is 0.167. The van der Waals surface area contributed by atoms with Crippen LogP contribution in [0.25, 0.3) is 0 Å². The second-order valence-electron chi connectivity index (χ2n) is 3.80. The SMILES string of the molecule is CC(Nc1ccc([N+](=O)[O-])cc1I)c1cccs1. The number of thiophene rings is 1. The fourth-order valence-corrected chi connectivity index (χ4v) is 2.97. The van der Waals surface area contributed by atoms with Crippen molar-refractivity contribution >= 4 is 45.3 Å². The van der Waals surface area contributed by atoms with Crippen molar-refractivity contribution < 1.29 is 4.92 Å². The second kappa shape index (κ2) is 5.66. The lowest BCUT2D eigenvalue weighted by atomic mass is 10.2. The minimum absolute atomic E-state index is 0.119. The predicted molar refractivity (Wildman–Crippen MR) is 82.2 cm³/mol. The summed E-state index contributed by atoms with van der Waals surface area (Å²) in [6.45, 7) is 2.07. The lowest BCUT2D eigenvalue weighted by Crippen LogP contribution is -2.06. The molecule has 0 fully saturated rings. The number of rotatable bonds is 4. The van der Waals surface area contributed by atoms with Crippen LogP contribution in [0.2, 0.25) is 0 Å².